The third-order valence-electron chi connectivity index (χ3n) is 5.46. The minimum Gasteiger partial charge on any atom is -0.357 e. The molecule has 0 aromatic rings. The van der Waals surface area contributed by atoms with Crippen molar-refractivity contribution in [2.45, 2.75) is 32.6 Å². The Morgan fingerprint density at radius 2 is 1.78 bits per heavy atom. The predicted octanol–water partition coefficient (Wildman–Crippen LogP) is -0.0795. The van der Waals surface area contributed by atoms with Crippen LogP contribution in [0.25, 0.3) is 0 Å². The van der Waals surface area contributed by atoms with Crippen LogP contribution in [0, 0.1) is 5.41 Å². The molecule has 2 aliphatic rings. The Morgan fingerprint density at radius 1 is 1.15 bits per heavy atom. The van der Waals surface area contributed by atoms with Crippen LogP contribution in [0.4, 0.5) is 0 Å². The van der Waals surface area contributed by atoms with Gasteiger partial charge in [0.2, 0.25) is 5.91 Å². The fraction of sp³-hybridized carbons (Fsp3) is 0.889. The lowest BCUT2D eigenvalue weighted by Crippen LogP contribution is -2.46. The molecule has 0 aromatic carbocycles. The lowest BCUT2D eigenvalue weighted by Gasteiger charge is -2.29. The highest BCUT2D eigenvalue weighted by molar-refractivity contribution is 7.91. The summed E-state index contributed by atoms with van der Waals surface area (Å²) in [5.41, 5.74) is -0.368. The highest BCUT2D eigenvalue weighted by Crippen LogP contribution is 2.39. The Morgan fingerprint density at radius 3 is 2.33 bits per heavy atom. The zero-order chi connectivity index (χ0) is 19.9. The first-order chi connectivity index (χ1) is 12.8. The third-order valence-corrected chi connectivity index (χ3v) is 7.07. The Labute approximate surface area is 163 Å². The summed E-state index contributed by atoms with van der Waals surface area (Å²) in [6, 6.07) is 0. The molecule has 0 radical (unpaired) electrons. The van der Waals surface area contributed by atoms with Crippen molar-refractivity contribution in [3.05, 3.63) is 0 Å². The van der Waals surface area contributed by atoms with Gasteiger partial charge < -0.3 is 15.5 Å². The highest BCUT2D eigenvalue weighted by Gasteiger charge is 2.42. The normalized spacial score (nSPS) is 22.4. The van der Waals surface area contributed by atoms with Crippen molar-refractivity contribution < 1.29 is 13.2 Å². The van der Waals surface area contributed by atoms with Crippen LogP contribution in [-0.2, 0) is 14.6 Å². The van der Waals surface area contributed by atoms with Gasteiger partial charge in [-0.3, -0.25) is 14.7 Å². The second kappa shape index (κ2) is 9.73. The van der Waals surface area contributed by atoms with Crippen LogP contribution in [-0.4, -0.2) is 95.0 Å². The van der Waals surface area contributed by atoms with Gasteiger partial charge in [-0.2, -0.15) is 0 Å². The van der Waals surface area contributed by atoms with E-state index >= 15 is 0 Å². The van der Waals surface area contributed by atoms with E-state index in [-0.39, 0.29) is 22.8 Å². The van der Waals surface area contributed by atoms with Crippen molar-refractivity contribution in [1.82, 2.24) is 20.4 Å². The average molecular weight is 402 g/mol. The van der Waals surface area contributed by atoms with Crippen molar-refractivity contribution in [1.29, 1.82) is 0 Å². The first kappa shape index (κ1) is 21.9. The molecule has 0 spiro atoms. The lowest BCUT2D eigenvalue weighted by atomic mass is 9.85. The second-order valence-corrected chi connectivity index (χ2v) is 10.1. The quantitative estimate of drug-likeness (QED) is 0.458. The van der Waals surface area contributed by atoms with Crippen molar-refractivity contribution in [2.75, 3.05) is 64.9 Å². The number of aliphatic imine (C=N–C) groups is 1. The summed E-state index contributed by atoms with van der Waals surface area (Å²) in [7, 11) is 0.788. The maximum Gasteiger partial charge on any atom is 0.230 e. The first-order valence-electron chi connectivity index (χ1n) is 9.95. The number of guanidine groups is 1. The zero-order valence-electron chi connectivity index (χ0n) is 17.0. The number of amides is 1. The van der Waals surface area contributed by atoms with E-state index in [0.717, 1.165) is 44.7 Å². The monoisotopic (exact) mass is 401 g/mol. The molecule has 1 amide bonds. The molecule has 0 bridgehead atoms. The molecule has 8 nitrogen and oxygen atoms in total. The molecule has 2 rings (SSSR count). The number of carbonyl (C=O) groups excluding carboxylic acids is 1. The Kier molecular flexibility index (Phi) is 7.91. The summed E-state index contributed by atoms with van der Waals surface area (Å²) in [6.07, 6.45) is 3.96. The van der Waals surface area contributed by atoms with E-state index in [1.807, 2.05) is 21.0 Å². The fourth-order valence-corrected chi connectivity index (χ4v) is 5.12. The molecular formula is C18H35N5O3S. The van der Waals surface area contributed by atoms with Gasteiger partial charge in [0.15, 0.2) is 15.8 Å². The van der Waals surface area contributed by atoms with Gasteiger partial charge in [-0.1, -0.05) is 12.8 Å². The van der Waals surface area contributed by atoms with Crippen molar-refractivity contribution in [3.8, 4) is 0 Å². The number of nitrogens with one attached hydrogen (secondary N) is 2. The second-order valence-electron chi connectivity index (χ2n) is 7.80. The van der Waals surface area contributed by atoms with Gasteiger partial charge in [0.1, 0.15) is 0 Å². The minimum absolute atomic E-state index is 0.175. The maximum atomic E-state index is 12.7. The molecule has 9 heteroatoms. The number of sulfone groups is 1. The van der Waals surface area contributed by atoms with Crippen LogP contribution in [0.1, 0.15) is 32.6 Å². The third kappa shape index (κ3) is 6.34. The summed E-state index contributed by atoms with van der Waals surface area (Å²) in [5.74, 6) is 1.39. The van der Waals surface area contributed by atoms with E-state index < -0.39 is 9.84 Å². The van der Waals surface area contributed by atoms with Crippen LogP contribution in [0.2, 0.25) is 0 Å². The van der Waals surface area contributed by atoms with Crippen molar-refractivity contribution in [2.24, 2.45) is 10.4 Å². The molecule has 1 saturated heterocycles. The summed E-state index contributed by atoms with van der Waals surface area (Å²) >= 11 is 0. The minimum atomic E-state index is -2.84. The molecule has 156 valence electrons. The van der Waals surface area contributed by atoms with Crippen LogP contribution in [0.3, 0.4) is 0 Å². The van der Waals surface area contributed by atoms with Crippen LogP contribution < -0.4 is 10.6 Å². The highest BCUT2D eigenvalue weighted by atomic mass is 32.2. The lowest BCUT2D eigenvalue weighted by molar-refractivity contribution is -0.138. The van der Waals surface area contributed by atoms with E-state index in [9.17, 15) is 13.2 Å². The molecule has 0 unspecified atom stereocenters. The Balaban J connectivity index is 1.88. The zero-order valence-corrected chi connectivity index (χ0v) is 17.8. The Bertz CT molecular complexity index is 613. The average Bonchev–Trinajstić information content (AvgIpc) is 3.10. The number of rotatable bonds is 7. The molecule has 2 fully saturated rings. The van der Waals surface area contributed by atoms with Gasteiger partial charge in [-0.15, -0.1) is 0 Å². The van der Waals surface area contributed by atoms with Crippen LogP contribution in [0.15, 0.2) is 4.99 Å². The molecule has 27 heavy (non-hydrogen) atoms. The smallest absolute Gasteiger partial charge is 0.230 e. The van der Waals surface area contributed by atoms with Gasteiger partial charge in [0.05, 0.1) is 23.5 Å². The van der Waals surface area contributed by atoms with Crippen LogP contribution in [0.5, 0.6) is 0 Å². The summed E-state index contributed by atoms with van der Waals surface area (Å²) < 4.78 is 23.0. The first-order valence-corrected chi connectivity index (χ1v) is 11.8. The summed E-state index contributed by atoms with van der Waals surface area (Å²) in [6.45, 7) is 5.94. The largest absolute Gasteiger partial charge is 0.357 e. The molecule has 1 aliphatic carbocycles. The van der Waals surface area contributed by atoms with Gasteiger partial charge in [-0.25, -0.2) is 8.42 Å². The van der Waals surface area contributed by atoms with E-state index in [1.165, 1.54) is 0 Å². The molecule has 1 heterocycles. The maximum absolute atomic E-state index is 12.7. The van der Waals surface area contributed by atoms with Gasteiger partial charge in [0.25, 0.3) is 0 Å². The number of nitrogens with zero attached hydrogens (tertiary/aromatic N) is 3. The topological polar surface area (TPSA) is 94.1 Å². The van der Waals surface area contributed by atoms with Crippen LogP contribution >= 0.6 is 0 Å². The van der Waals surface area contributed by atoms with Gasteiger partial charge in [-0.05, 0) is 19.8 Å². The van der Waals surface area contributed by atoms with E-state index in [4.69, 9.17) is 4.99 Å². The van der Waals surface area contributed by atoms with Gasteiger partial charge >= 0.3 is 0 Å². The van der Waals surface area contributed by atoms with E-state index in [1.54, 1.807) is 4.90 Å². The molecule has 1 saturated carbocycles. The molecule has 0 atom stereocenters. The fourth-order valence-electron chi connectivity index (χ4n) is 3.84. The van der Waals surface area contributed by atoms with E-state index in [0.29, 0.717) is 26.2 Å². The number of hydrogen-bond donors (Lipinski definition) is 2. The van der Waals surface area contributed by atoms with Gasteiger partial charge in [0, 0.05) is 46.8 Å². The Hall–Kier alpha value is -1.35. The predicted molar refractivity (Wildman–Crippen MR) is 109 cm³/mol. The summed E-state index contributed by atoms with van der Waals surface area (Å²) in [5, 5.41) is 6.56. The van der Waals surface area contributed by atoms with Crippen molar-refractivity contribution in [3.63, 3.8) is 0 Å². The number of carbonyl (C=O) groups is 1. The molecule has 1 aliphatic heterocycles. The molecule has 2 N–H and O–H groups in total. The number of hydrogen-bond acceptors (Lipinski definition) is 5. The molecular weight excluding hydrogens is 366 g/mol. The molecule has 0 aromatic heterocycles. The standard InChI is InChI=1S/C18H35N5O3S/c1-4-19-17(20-9-10-23-11-13-27(25,26)14-12-23)21-15-18(7-5-6-8-18)16(24)22(2)3/h4-15H2,1-3H3,(H2,19,20,21). The van der Waals surface area contributed by atoms with E-state index in [2.05, 4.69) is 15.5 Å². The van der Waals surface area contributed by atoms with Crippen molar-refractivity contribution >= 4 is 21.7 Å². The summed E-state index contributed by atoms with van der Waals surface area (Å²) in [4.78, 5) is 21.2. The SMILES string of the molecule is CCNC(=NCC1(C(=O)N(C)C)CCCC1)NCCN1CCS(=O)(=O)CC1.